The van der Waals surface area contributed by atoms with Crippen LogP contribution in [0.15, 0.2) is 36.7 Å². The highest BCUT2D eigenvalue weighted by molar-refractivity contribution is 7.18. The van der Waals surface area contributed by atoms with Gasteiger partial charge in [0.25, 0.3) is 0 Å². The van der Waals surface area contributed by atoms with Gasteiger partial charge in [-0.2, -0.15) is 0 Å². The van der Waals surface area contributed by atoms with E-state index < -0.39 is 0 Å². The standard InChI is InChI=1S/C21H25N5O2S/c1-3-15-12-16-20(23-14-24-21(16)29-15)22-13-19(27)26-10-8-25(9-11-26)17-6-4-5-7-18(17)28-2/h4-7,12,14H,3,8-11,13H2,1-2H3,(H,22,23,24). The van der Waals surface area contributed by atoms with E-state index in [9.17, 15) is 4.79 Å². The van der Waals surface area contributed by atoms with Gasteiger partial charge in [-0.15, -0.1) is 11.3 Å². The van der Waals surface area contributed by atoms with Crippen LogP contribution in [0.3, 0.4) is 0 Å². The SMILES string of the molecule is CCc1cc2c(NCC(=O)N3CCN(c4ccccc4OC)CC3)ncnc2s1. The number of rotatable bonds is 6. The number of aryl methyl sites for hydroxylation is 1. The second kappa shape index (κ2) is 8.65. The zero-order valence-corrected chi connectivity index (χ0v) is 17.5. The van der Waals surface area contributed by atoms with Crippen LogP contribution in [0.5, 0.6) is 5.75 Å². The maximum Gasteiger partial charge on any atom is 0.242 e. The van der Waals surface area contributed by atoms with Gasteiger partial charge in [0.1, 0.15) is 22.7 Å². The quantitative estimate of drug-likeness (QED) is 0.672. The molecular weight excluding hydrogens is 386 g/mol. The Balaban J connectivity index is 1.35. The summed E-state index contributed by atoms with van der Waals surface area (Å²) in [4.78, 5) is 27.8. The van der Waals surface area contributed by atoms with Crippen LogP contribution in [-0.4, -0.2) is 60.6 Å². The Kier molecular flexibility index (Phi) is 5.80. The number of piperazine rings is 1. The third-order valence-electron chi connectivity index (χ3n) is 5.19. The Hall–Kier alpha value is -2.87. The van der Waals surface area contributed by atoms with Crippen molar-refractivity contribution in [3.05, 3.63) is 41.5 Å². The first-order valence-corrected chi connectivity index (χ1v) is 10.6. The minimum absolute atomic E-state index is 0.0855. The molecule has 8 heteroatoms. The molecule has 29 heavy (non-hydrogen) atoms. The molecule has 1 N–H and O–H groups in total. The molecule has 0 radical (unpaired) electrons. The number of ether oxygens (including phenoxy) is 1. The van der Waals surface area contributed by atoms with E-state index in [1.54, 1.807) is 24.8 Å². The summed E-state index contributed by atoms with van der Waals surface area (Å²) < 4.78 is 5.46. The highest BCUT2D eigenvalue weighted by Crippen LogP contribution is 2.29. The molecule has 3 heterocycles. The van der Waals surface area contributed by atoms with Gasteiger partial charge in [0.05, 0.1) is 24.7 Å². The van der Waals surface area contributed by atoms with Crippen molar-refractivity contribution in [2.75, 3.05) is 50.1 Å². The molecule has 2 aromatic heterocycles. The molecule has 4 rings (SSSR count). The van der Waals surface area contributed by atoms with Crippen LogP contribution in [0.1, 0.15) is 11.8 Å². The summed E-state index contributed by atoms with van der Waals surface area (Å²) in [6, 6.07) is 10.1. The number of hydrogen-bond acceptors (Lipinski definition) is 7. The number of anilines is 2. The van der Waals surface area contributed by atoms with Crippen molar-refractivity contribution < 1.29 is 9.53 Å². The van der Waals surface area contributed by atoms with E-state index in [1.165, 1.54) is 4.88 Å². The molecule has 152 valence electrons. The smallest absolute Gasteiger partial charge is 0.242 e. The highest BCUT2D eigenvalue weighted by atomic mass is 32.1. The maximum absolute atomic E-state index is 12.7. The number of para-hydroxylation sites is 2. The van der Waals surface area contributed by atoms with E-state index in [4.69, 9.17) is 4.74 Å². The average Bonchev–Trinajstić information content (AvgIpc) is 3.21. The average molecular weight is 412 g/mol. The summed E-state index contributed by atoms with van der Waals surface area (Å²) >= 11 is 1.67. The van der Waals surface area contributed by atoms with Crippen molar-refractivity contribution in [2.24, 2.45) is 0 Å². The summed E-state index contributed by atoms with van der Waals surface area (Å²) in [5.41, 5.74) is 1.08. The van der Waals surface area contributed by atoms with Crippen LogP contribution in [-0.2, 0) is 11.2 Å². The lowest BCUT2D eigenvalue weighted by molar-refractivity contribution is -0.129. The molecule has 0 aliphatic carbocycles. The lowest BCUT2D eigenvalue weighted by atomic mass is 10.2. The van der Waals surface area contributed by atoms with Crippen molar-refractivity contribution in [3.63, 3.8) is 0 Å². The minimum atomic E-state index is 0.0855. The van der Waals surface area contributed by atoms with Gasteiger partial charge in [0.2, 0.25) is 5.91 Å². The first kappa shape index (κ1) is 19.4. The number of fused-ring (bicyclic) bond motifs is 1. The van der Waals surface area contributed by atoms with Crippen LogP contribution in [0.25, 0.3) is 10.2 Å². The monoisotopic (exact) mass is 411 g/mol. The Morgan fingerprint density at radius 2 is 2.00 bits per heavy atom. The predicted molar refractivity (Wildman–Crippen MR) is 117 cm³/mol. The Morgan fingerprint density at radius 1 is 1.21 bits per heavy atom. The number of nitrogens with zero attached hydrogens (tertiary/aromatic N) is 4. The number of nitrogens with one attached hydrogen (secondary N) is 1. The van der Waals surface area contributed by atoms with Crippen LogP contribution >= 0.6 is 11.3 Å². The molecule has 1 saturated heterocycles. The third-order valence-corrected chi connectivity index (χ3v) is 6.38. The van der Waals surface area contributed by atoms with Crippen LogP contribution < -0.4 is 15.0 Å². The molecule has 0 atom stereocenters. The van der Waals surface area contributed by atoms with Crippen LogP contribution in [0.4, 0.5) is 11.5 Å². The molecule has 7 nitrogen and oxygen atoms in total. The summed E-state index contributed by atoms with van der Waals surface area (Å²) in [6.45, 7) is 5.31. The van der Waals surface area contributed by atoms with E-state index in [0.29, 0.717) is 13.1 Å². The fraction of sp³-hybridized carbons (Fsp3) is 0.381. The number of thiophene rings is 1. The molecule has 0 bridgehead atoms. The van der Waals surface area contributed by atoms with Crippen LogP contribution in [0.2, 0.25) is 0 Å². The molecule has 1 aliphatic rings. The predicted octanol–water partition coefficient (Wildman–Crippen LogP) is 3.02. The zero-order chi connectivity index (χ0) is 20.2. The largest absolute Gasteiger partial charge is 0.495 e. The van der Waals surface area contributed by atoms with E-state index in [1.807, 2.05) is 23.1 Å². The number of carbonyl (C=O) groups is 1. The lowest BCUT2D eigenvalue weighted by Gasteiger charge is -2.36. The molecule has 3 aromatic rings. The summed E-state index contributed by atoms with van der Waals surface area (Å²) in [5.74, 6) is 1.68. The molecule has 1 aliphatic heterocycles. The maximum atomic E-state index is 12.7. The van der Waals surface area contributed by atoms with E-state index >= 15 is 0 Å². The lowest BCUT2D eigenvalue weighted by Crippen LogP contribution is -2.50. The topological polar surface area (TPSA) is 70.6 Å². The number of aromatic nitrogens is 2. The summed E-state index contributed by atoms with van der Waals surface area (Å²) in [7, 11) is 1.69. The number of methoxy groups -OCH3 is 1. The van der Waals surface area contributed by atoms with Gasteiger partial charge < -0.3 is 19.9 Å². The fourth-order valence-electron chi connectivity index (χ4n) is 3.58. The van der Waals surface area contributed by atoms with Crippen molar-refractivity contribution in [1.29, 1.82) is 0 Å². The molecule has 1 fully saturated rings. The number of amides is 1. The third kappa shape index (κ3) is 4.12. The van der Waals surface area contributed by atoms with Gasteiger partial charge in [0.15, 0.2) is 0 Å². The molecule has 0 spiro atoms. The van der Waals surface area contributed by atoms with E-state index in [0.717, 1.165) is 47.0 Å². The van der Waals surface area contributed by atoms with Gasteiger partial charge in [-0.05, 0) is 24.6 Å². The van der Waals surface area contributed by atoms with Gasteiger partial charge >= 0.3 is 0 Å². The van der Waals surface area contributed by atoms with Gasteiger partial charge in [-0.25, -0.2) is 9.97 Å². The van der Waals surface area contributed by atoms with Crippen molar-refractivity contribution in [1.82, 2.24) is 14.9 Å². The zero-order valence-electron chi connectivity index (χ0n) is 16.7. The molecule has 1 aromatic carbocycles. The summed E-state index contributed by atoms with van der Waals surface area (Å²) in [5, 5.41) is 4.20. The number of hydrogen-bond donors (Lipinski definition) is 1. The normalized spacial score (nSPS) is 14.3. The number of carbonyl (C=O) groups excluding carboxylic acids is 1. The van der Waals surface area contributed by atoms with E-state index in [-0.39, 0.29) is 12.5 Å². The van der Waals surface area contributed by atoms with Crippen LogP contribution in [0, 0.1) is 0 Å². The van der Waals surface area contributed by atoms with Gasteiger partial charge in [0, 0.05) is 31.1 Å². The molecular formula is C21H25N5O2S. The highest BCUT2D eigenvalue weighted by Gasteiger charge is 2.23. The molecule has 0 unspecified atom stereocenters. The second-order valence-corrected chi connectivity index (χ2v) is 8.02. The van der Waals surface area contributed by atoms with Gasteiger partial charge in [-0.3, -0.25) is 4.79 Å². The van der Waals surface area contributed by atoms with E-state index in [2.05, 4.69) is 39.2 Å². The van der Waals surface area contributed by atoms with Crippen molar-refractivity contribution in [2.45, 2.75) is 13.3 Å². The Morgan fingerprint density at radius 3 is 2.76 bits per heavy atom. The van der Waals surface area contributed by atoms with Crippen molar-refractivity contribution >= 4 is 39.0 Å². The second-order valence-electron chi connectivity index (χ2n) is 6.90. The Bertz CT molecular complexity index is 998. The Labute approximate surface area is 174 Å². The van der Waals surface area contributed by atoms with Gasteiger partial charge in [-0.1, -0.05) is 19.1 Å². The fourth-order valence-corrected chi connectivity index (χ4v) is 4.51. The first-order valence-electron chi connectivity index (χ1n) is 9.82. The minimum Gasteiger partial charge on any atom is -0.495 e. The van der Waals surface area contributed by atoms with Crippen molar-refractivity contribution in [3.8, 4) is 5.75 Å². The summed E-state index contributed by atoms with van der Waals surface area (Å²) in [6.07, 6.45) is 2.52. The molecule has 1 amide bonds. The first-order chi connectivity index (χ1) is 14.2. The number of benzene rings is 1. The molecule has 0 saturated carbocycles.